The summed E-state index contributed by atoms with van der Waals surface area (Å²) < 4.78 is 2.46. The average Bonchev–Trinajstić information content (AvgIpc) is 2.28. The number of hydrogen-bond acceptors (Lipinski definition) is 1. The van der Waals surface area contributed by atoms with E-state index < -0.39 is 0 Å². The van der Waals surface area contributed by atoms with Crippen molar-refractivity contribution in [2.45, 2.75) is 0 Å². The van der Waals surface area contributed by atoms with Crippen LogP contribution in [0.25, 0.3) is 11.0 Å². The Morgan fingerprint density at radius 3 is 3.00 bits per heavy atom. The standard InChI is InChI=1S/C7H6BrN2OP/c8-4-1-2-6-5(3-4)9-7(11)10(6)12/h1-3H,12H2,(H,9,11). The largest absolute Gasteiger partial charge is 0.329 e. The second-order valence-electron chi connectivity index (χ2n) is 2.46. The summed E-state index contributed by atoms with van der Waals surface area (Å²) in [6, 6.07) is 5.65. The monoisotopic (exact) mass is 244 g/mol. The third kappa shape index (κ3) is 1.11. The first-order valence-corrected chi connectivity index (χ1v) is 4.65. The number of hydrogen-bond donors (Lipinski definition) is 1. The van der Waals surface area contributed by atoms with Crippen molar-refractivity contribution in [3.05, 3.63) is 33.2 Å². The lowest BCUT2D eigenvalue weighted by atomic mass is 10.3. The molecule has 2 aromatic rings. The lowest BCUT2D eigenvalue weighted by molar-refractivity contribution is 1.15. The van der Waals surface area contributed by atoms with E-state index in [1.807, 2.05) is 18.2 Å². The summed E-state index contributed by atoms with van der Waals surface area (Å²) in [5.74, 6) is 0. The topological polar surface area (TPSA) is 37.8 Å². The molecule has 0 amide bonds. The van der Waals surface area contributed by atoms with E-state index in [1.165, 1.54) is 4.34 Å². The number of imidazole rings is 1. The summed E-state index contributed by atoms with van der Waals surface area (Å²) in [7, 11) is 2.36. The van der Waals surface area contributed by atoms with E-state index in [4.69, 9.17) is 0 Å². The van der Waals surface area contributed by atoms with E-state index in [2.05, 4.69) is 30.3 Å². The van der Waals surface area contributed by atoms with Gasteiger partial charge in [-0.15, -0.1) is 0 Å². The van der Waals surface area contributed by atoms with Crippen LogP contribution in [0, 0.1) is 0 Å². The highest BCUT2D eigenvalue weighted by atomic mass is 79.9. The zero-order valence-electron chi connectivity index (χ0n) is 6.04. The molecule has 0 aliphatic heterocycles. The molecule has 0 aliphatic carbocycles. The van der Waals surface area contributed by atoms with E-state index in [0.717, 1.165) is 15.5 Å². The number of H-pyrrole nitrogens is 1. The SMILES string of the molecule is O=c1[nH]c2cc(Br)ccc2n1P. The van der Waals surface area contributed by atoms with Gasteiger partial charge in [0.25, 0.3) is 0 Å². The van der Waals surface area contributed by atoms with Crippen molar-refractivity contribution in [1.29, 1.82) is 0 Å². The summed E-state index contributed by atoms with van der Waals surface area (Å²) in [6.07, 6.45) is 0. The predicted molar refractivity (Wildman–Crippen MR) is 55.4 cm³/mol. The molecule has 0 bridgehead atoms. The molecule has 0 saturated carbocycles. The van der Waals surface area contributed by atoms with Gasteiger partial charge in [0.05, 0.1) is 11.0 Å². The molecule has 5 heteroatoms. The number of nitrogens with one attached hydrogen (secondary N) is 1. The first-order valence-electron chi connectivity index (χ1n) is 3.34. The molecule has 62 valence electrons. The zero-order chi connectivity index (χ0) is 8.72. The second-order valence-corrected chi connectivity index (χ2v) is 3.89. The molecule has 2 rings (SSSR count). The van der Waals surface area contributed by atoms with Crippen LogP contribution in [0.2, 0.25) is 0 Å². The van der Waals surface area contributed by atoms with Gasteiger partial charge in [0.2, 0.25) is 0 Å². The van der Waals surface area contributed by atoms with Gasteiger partial charge in [0.1, 0.15) is 0 Å². The molecule has 1 N–H and O–H groups in total. The lowest BCUT2D eigenvalue weighted by Crippen LogP contribution is -2.06. The van der Waals surface area contributed by atoms with Crippen molar-refractivity contribution in [3.63, 3.8) is 0 Å². The van der Waals surface area contributed by atoms with Crippen LogP contribution < -0.4 is 5.69 Å². The van der Waals surface area contributed by atoms with E-state index in [-0.39, 0.29) is 5.69 Å². The van der Waals surface area contributed by atoms with Crippen molar-refractivity contribution < 1.29 is 0 Å². The van der Waals surface area contributed by atoms with Gasteiger partial charge in [0, 0.05) is 4.47 Å². The Hall–Kier alpha value is -0.600. The molecule has 1 aromatic heterocycles. The summed E-state index contributed by atoms with van der Waals surface area (Å²) >= 11 is 3.33. The van der Waals surface area contributed by atoms with Gasteiger partial charge in [-0.1, -0.05) is 15.9 Å². The molecule has 0 radical (unpaired) electrons. The van der Waals surface area contributed by atoms with Gasteiger partial charge < -0.3 is 4.98 Å². The van der Waals surface area contributed by atoms with Crippen LogP contribution in [0.15, 0.2) is 27.5 Å². The molecule has 1 atom stereocenters. The molecule has 1 unspecified atom stereocenters. The Bertz CT molecular complexity index is 488. The molecule has 1 heterocycles. The van der Waals surface area contributed by atoms with Gasteiger partial charge in [-0.05, 0) is 27.6 Å². The van der Waals surface area contributed by atoms with Gasteiger partial charge in [-0.25, -0.2) is 4.79 Å². The maximum absolute atomic E-state index is 11.1. The fourth-order valence-electron chi connectivity index (χ4n) is 1.10. The van der Waals surface area contributed by atoms with Gasteiger partial charge in [0.15, 0.2) is 0 Å². The Balaban J connectivity index is 2.96. The van der Waals surface area contributed by atoms with Crippen LogP contribution in [0.3, 0.4) is 0 Å². The number of aromatic nitrogens is 2. The van der Waals surface area contributed by atoms with E-state index in [9.17, 15) is 4.79 Å². The molecular formula is C7H6BrN2OP. The Labute approximate surface area is 79.2 Å². The van der Waals surface area contributed by atoms with Crippen LogP contribution in [-0.2, 0) is 0 Å². The smallest absolute Gasteiger partial charge is 0.305 e. The van der Waals surface area contributed by atoms with Crippen molar-refractivity contribution in [1.82, 2.24) is 9.32 Å². The molecule has 0 saturated heterocycles. The summed E-state index contributed by atoms with van der Waals surface area (Å²) in [4.78, 5) is 13.8. The maximum Gasteiger partial charge on any atom is 0.329 e. The third-order valence-electron chi connectivity index (χ3n) is 1.68. The van der Waals surface area contributed by atoms with Crippen molar-refractivity contribution in [2.75, 3.05) is 0 Å². The number of rotatable bonds is 0. The molecule has 3 nitrogen and oxygen atoms in total. The lowest BCUT2D eigenvalue weighted by Gasteiger charge is -1.92. The first-order chi connectivity index (χ1) is 5.68. The third-order valence-corrected chi connectivity index (χ3v) is 2.68. The van der Waals surface area contributed by atoms with Crippen molar-refractivity contribution in [3.8, 4) is 0 Å². The minimum Gasteiger partial charge on any atom is -0.305 e. The fourth-order valence-corrected chi connectivity index (χ4v) is 1.75. The molecular weight excluding hydrogens is 239 g/mol. The summed E-state index contributed by atoms with van der Waals surface area (Å²) in [6.45, 7) is 0. The van der Waals surface area contributed by atoms with Crippen LogP contribution in [0.1, 0.15) is 0 Å². The molecule has 0 spiro atoms. The van der Waals surface area contributed by atoms with Gasteiger partial charge in [-0.2, -0.15) is 0 Å². The summed E-state index contributed by atoms with van der Waals surface area (Å²) in [5.41, 5.74) is 1.60. The number of nitrogens with zero attached hydrogens (tertiary/aromatic N) is 1. The quantitative estimate of drug-likeness (QED) is 0.705. The molecule has 1 aromatic carbocycles. The van der Waals surface area contributed by atoms with Crippen LogP contribution >= 0.6 is 25.3 Å². The van der Waals surface area contributed by atoms with Crippen LogP contribution in [-0.4, -0.2) is 9.32 Å². The minimum atomic E-state index is -0.117. The molecule has 0 aliphatic rings. The predicted octanol–water partition coefficient (Wildman–Crippen LogP) is 1.73. The second kappa shape index (κ2) is 2.71. The minimum absolute atomic E-state index is 0.117. The zero-order valence-corrected chi connectivity index (χ0v) is 8.78. The van der Waals surface area contributed by atoms with Gasteiger partial charge >= 0.3 is 5.69 Å². The first kappa shape index (κ1) is 8.02. The highest BCUT2D eigenvalue weighted by molar-refractivity contribution is 9.10. The van der Waals surface area contributed by atoms with E-state index in [0.29, 0.717) is 0 Å². The van der Waals surface area contributed by atoms with Crippen LogP contribution in [0.4, 0.5) is 0 Å². The Kier molecular flexibility index (Phi) is 1.81. The van der Waals surface area contributed by atoms with E-state index >= 15 is 0 Å². The Morgan fingerprint density at radius 1 is 1.50 bits per heavy atom. The van der Waals surface area contributed by atoms with Crippen molar-refractivity contribution in [2.24, 2.45) is 0 Å². The fraction of sp³-hybridized carbons (Fsp3) is 0. The Morgan fingerprint density at radius 2 is 2.25 bits per heavy atom. The highest BCUT2D eigenvalue weighted by Crippen LogP contribution is 2.17. The maximum atomic E-state index is 11.1. The molecule has 12 heavy (non-hydrogen) atoms. The van der Waals surface area contributed by atoms with Crippen LogP contribution in [0.5, 0.6) is 0 Å². The van der Waals surface area contributed by atoms with Gasteiger partial charge in [-0.3, -0.25) is 4.34 Å². The highest BCUT2D eigenvalue weighted by Gasteiger charge is 2.01. The van der Waals surface area contributed by atoms with E-state index in [1.54, 1.807) is 0 Å². The normalized spacial score (nSPS) is 10.8. The van der Waals surface area contributed by atoms with Crippen molar-refractivity contribution >= 4 is 36.4 Å². The number of fused-ring (bicyclic) bond motifs is 1. The number of benzene rings is 1. The molecule has 0 fully saturated rings. The summed E-state index contributed by atoms with van der Waals surface area (Å²) in [5, 5.41) is 0. The number of aromatic amines is 1. The number of halogens is 1. The average molecular weight is 245 g/mol.